The molecule has 1 heterocycles. The number of carbonyl (C=O) groups is 1. The first-order chi connectivity index (χ1) is 10.5. The maximum Gasteiger partial charge on any atom is 0.243 e. The average Bonchev–Trinajstić information content (AvgIpc) is 2.94. The van der Waals surface area contributed by atoms with Gasteiger partial charge in [-0.1, -0.05) is 43.3 Å². The quantitative estimate of drug-likeness (QED) is 0.813. The molecule has 0 saturated heterocycles. The molecule has 2 aromatic rings. The molecule has 0 aliphatic heterocycles. The number of benzene rings is 1. The van der Waals surface area contributed by atoms with E-state index in [1.54, 1.807) is 0 Å². The lowest BCUT2D eigenvalue weighted by atomic mass is 10.0. The summed E-state index contributed by atoms with van der Waals surface area (Å²) in [7, 11) is 0. The Labute approximate surface area is 129 Å². The van der Waals surface area contributed by atoms with Gasteiger partial charge in [0.1, 0.15) is 0 Å². The van der Waals surface area contributed by atoms with E-state index in [1.807, 2.05) is 0 Å². The summed E-state index contributed by atoms with van der Waals surface area (Å²) >= 11 is 0. The summed E-state index contributed by atoms with van der Waals surface area (Å²) in [6.07, 6.45) is 1.19. The Morgan fingerprint density at radius 1 is 1.27 bits per heavy atom. The van der Waals surface area contributed by atoms with E-state index in [-0.39, 0.29) is 12.3 Å². The zero-order valence-corrected chi connectivity index (χ0v) is 13.0. The van der Waals surface area contributed by atoms with E-state index in [1.165, 1.54) is 5.56 Å². The molecule has 118 valence electrons. The molecule has 0 radical (unpaired) electrons. The van der Waals surface area contributed by atoms with E-state index < -0.39 is 6.04 Å². The summed E-state index contributed by atoms with van der Waals surface area (Å²) < 4.78 is 5.15. The van der Waals surface area contributed by atoms with Crippen molar-refractivity contribution < 1.29 is 9.32 Å². The minimum atomic E-state index is -0.461. The summed E-state index contributed by atoms with van der Waals surface area (Å²) in [4.78, 5) is 15.0. The molecule has 1 atom stereocenters. The average molecular weight is 302 g/mol. The maximum atomic E-state index is 10.8. The number of amides is 1. The Morgan fingerprint density at radius 3 is 2.55 bits per heavy atom. The third kappa shape index (κ3) is 4.39. The zero-order chi connectivity index (χ0) is 16.1. The van der Waals surface area contributed by atoms with Crippen molar-refractivity contribution in [3.05, 3.63) is 47.1 Å². The van der Waals surface area contributed by atoms with E-state index in [2.05, 4.69) is 48.3 Å². The number of rotatable bonds is 7. The molecule has 0 saturated carbocycles. The normalized spacial score (nSPS) is 12.5. The molecule has 0 fully saturated rings. The predicted molar refractivity (Wildman–Crippen MR) is 83.0 cm³/mol. The lowest BCUT2D eigenvalue weighted by Gasteiger charge is -2.05. The Balaban J connectivity index is 1.98. The van der Waals surface area contributed by atoms with Gasteiger partial charge in [-0.15, -0.1) is 0 Å². The van der Waals surface area contributed by atoms with Gasteiger partial charge in [0.25, 0.3) is 0 Å². The van der Waals surface area contributed by atoms with Crippen LogP contribution < -0.4 is 11.5 Å². The molecule has 0 spiro atoms. The molecule has 6 nitrogen and oxygen atoms in total. The first-order valence-corrected chi connectivity index (χ1v) is 7.41. The van der Waals surface area contributed by atoms with Crippen LogP contribution in [0, 0.1) is 0 Å². The van der Waals surface area contributed by atoms with Gasteiger partial charge in [0.2, 0.25) is 11.8 Å². The van der Waals surface area contributed by atoms with Crippen LogP contribution in [0.4, 0.5) is 0 Å². The highest BCUT2D eigenvalue weighted by Gasteiger charge is 2.15. The molecule has 2 rings (SSSR count). The second-order valence-electron chi connectivity index (χ2n) is 5.73. The van der Waals surface area contributed by atoms with Crippen LogP contribution in [-0.2, 0) is 11.2 Å². The van der Waals surface area contributed by atoms with Crippen LogP contribution in [0.2, 0.25) is 0 Å². The number of nitrogens with zero attached hydrogens (tertiary/aromatic N) is 2. The molecule has 4 N–H and O–H groups in total. The van der Waals surface area contributed by atoms with Crippen LogP contribution in [0.25, 0.3) is 0 Å². The summed E-state index contributed by atoms with van der Waals surface area (Å²) in [5.41, 5.74) is 13.4. The van der Waals surface area contributed by atoms with E-state index >= 15 is 0 Å². The van der Waals surface area contributed by atoms with Crippen LogP contribution in [0.5, 0.6) is 0 Å². The first-order valence-electron chi connectivity index (χ1n) is 7.41. The van der Waals surface area contributed by atoms with Gasteiger partial charge in [0, 0.05) is 12.8 Å². The van der Waals surface area contributed by atoms with Crippen molar-refractivity contribution in [3.8, 4) is 0 Å². The smallest absolute Gasteiger partial charge is 0.243 e. The van der Waals surface area contributed by atoms with Crippen molar-refractivity contribution in [2.45, 2.75) is 45.1 Å². The fraction of sp³-hybridized carbons (Fsp3) is 0.438. The Kier molecular flexibility index (Phi) is 5.27. The number of hydrogen-bond acceptors (Lipinski definition) is 5. The minimum Gasteiger partial charge on any atom is -0.370 e. The van der Waals surface area contributed by atoms with Crippen LogP contribution in [0.1, 0.15) is 61.5 Å². The minimum absolute atomic E-state index is 0.204. The zero-order valence-electron chi connectivity index (χ0n) is 13.0. The molecule has 1 aromatic carbocycles. The monoisotopic (exact) mass is 302 g/mol. The largest absolute Gasteiger partial charge is 0.370 e. The van der Waals surface area contributed by atoms with Gasteiger partial charge in [0.05, 0.1) is 6.04 Å². The van der Waals surface area contributed by atoms with Gasteiger partial charge in [0.15, 0.2) is 5.82 Å². The standard InChI is InChI=1S/C16H22N4O2/c1-10(2)12-5-3-11(4-6-12)9-15-19-16(22-20-15)13(17)7-8-14(18)21/h3-6,10,13H,7-9,17H2,1-2H3,(H2,18,21)/t13-/m0/s1. The molecule has 6 heteroatoms. The van der Waals surface area contributed by atoms with E-state index in [9.17, 15) is 4.79 Å². The van der Waals surface area contributed by atoms with Crippen molar-refractivity contribution in [2.24, 2.45) is 11.5 Å². The Morgan fingerprint density at radius 2 is 1.95 bits per heavy atom. The number of nitrogens with two attached hydrogens (primary N) is 2. The number of hydrogen-bond donors (Lipinski definition) is 2. The van der Waals surface area contributed by atoms with Crippen molar-refractivity contribution in [3.63, 3.8) is 0 Å². The lowest BCUT2D eigenvalue weighted by Crippen LogP contribution is -2.16. The van der Waals surface area contributed by atoms with Crippen molar-refractivity contribution in [2.75, 3.05) is 0 Å². The Hall–Kier alpha value is -2.21. The summed E-state index contributed by atoms with van der Waals surface area (Å²) in [5, 5.41) is 3.93. The topological polar surface area (TPSA) is 108 Å². The SMILES string of the molecule is CC(C)c1ccc(Cc2noc([C@@H](N)CCC(N)=O)n2)cc1. The van der Waals surface area contributed by atoms with Gasteiger partial charge in [-0.2, -0.15) is 4.98 Å². The second kappa shape index (κ2) is 7.17. The Bertz CT molecular complexity index is 619. The van der Waals surface area contributed by atoms with Gasteiger partial charge >= 0.3 is 0 Å². The van der Waals surface area contributed by atoms with Gasteiger partial charge in [-0.3, -0.25) is 4.79 Å². The summed E-state index contributed by atoms with van der Waals surface area (Å²) in [5.74, 6) is 1.05. The third-order valence-corrected chi connectivity index (χ3v) is 3.51. The fourth-order valence-corrected chi connectivity index (χ4v) is 2.11. The molecular formula is C16H22N4O2. The fourth-order valence-electron chi connectivity index (χ4n) is 2.11. The highest BCUT2D eigenvalue weighted by Crippen LogP contribution is 2.17. The molecule has 1 amide bonds. The van der Waals surface area contributed by atoms with Crippen LogP contribution in [-0.4, -0.2) is 16.0 Å². The lowest BCUT2D eigenvalue weighted by molar-refractivity contribution is -0.118. The van der Waals surface area contributed by atoms with Crippen LogP contribution in [0.15, 0.2) is 28.8 Å². The summed E-state index contributed by atoms with van der Waals surface area (Å²) in [6.45, 7) is 4.32. The van der Waals surface area contributed by atoms with Crippen molar-refractivity contribution in [1.82, 2.24) is 10.1 Å². The summed E-state index contributed by atoms with van der Waals surface area (Å²) in [6, 6.07) is 7.90. The molecule has 22 heavy (non-hydrogen) atoms. The van der Waals surface area contributed by atoms with Crippen molar-refractivity contribution in [1.29, 1.82) is 0 Å². The molecule has 0 bridgehead atoms. The van der Waals surface area contributed by atoms with Gasteiger partial charge in [-0.25, -0.2) is 0 Å². The van der Waals surface area contributed by atoms with Crippen molar-refractivity contribution >= 4 is 5.91 Å². The van der Waals surface area contributed by atoms with Gasteiger partial charge in [-0.05, 0) is 23.5 Å². The van der Waals surface area contributed by atoms with Crippen LogP contribution in [0.3, 0.4) is 0 Å². The molecule has 1 aromatic heterocycles. The number of primary amides is 1. The van der Waals surface area contributed by atoms with Crippen LogP contribution >= 0.6 is 0 Å². The molecule has 0 aliphatic carbocycles. The van der Waals surface area contributed by atoms with E-state index in [4.69, 9.17) is 16.0 Å². The number of carbonyl (C=O) groups excluding carboxylic acids is 1. The van der Waals surface area contributed by atoms with E-state index in [0.29, 0.717) is 30.5 Å². The first kappa shape index (κ1) is 16.2. The number of aromatic nitrogens is 2. The second-order valence-corrected chi connectivity index (χ2v) is 5.73. The third-order valence-electron chi connectivity index (χ3n) is 3.51. The highest BCUT2D eigenvalue weighted by molar-refractivity contribution is 5.73. The molecular weight excluding hydrogens is 280 g/mol. The van der Waals surface area contributed by atoms with Gasteiger partial charge < -0.3 is 16.0 Å². The molecule has 0 unspecified atom stereocenters. The molecule has 0 aliphatic rings. The predicted octanol–water partition coefficient (Wildman–Crippen LogP) is 2.05. The van der Waals surface area contributed by atoms with E-state index in [0.717, 1.165) is 5.56 Å². The maximum absolute atomic E-state index is 10.8. The highest BCUT2D eigenvalue weighted by atomic mass is 16.5.